The molecular weight excluding hydrogens is 254 g/mol. The number of carbonyl (C=O) groups is 2. The smallest absolute Gasteiger partial charge is 0.356 e. The maximum absolute atomic E-state index is 11.6. The Kier molecular flexibility index (Phi) is 3.30. The lowest BCUT2D eigenvalue weighted by Crippen LogP contribution is -2.07. The standard InChI is InChI=1S/C13H10ClNO3/c1-7(16)10-6-12(13(17)18-2)15-11-5-8(14)3-4-9(10)11/h3-6H,1-2H3. The number of fused-ring (bicyclic) bond motifs is 1. The first-order valence-corrected chi connectivity index (χ1v) is 5.60. The predicted molar refractivity (Wildman–Crippen MR) is 68.1 cm³/mol. The van der Waals surface area contributed by atoms with E-state index in [-0.39, 0.29) is 11.5 Å². The second-order valence-electron chi connectivity index (χ2n) is 3.76. The summed E-state index contributed by atoms with van der Waals surface area (Å²) in [5, 5.41) is 1.16. The lowest BCUT2D eigenvalue weighted by atomic mass is 10.0. The van der Waals surface area contributed by atoms with Crippen molar-refractivity contribution in [2.45, 2.75) is 6.92 Å². The lowest BCUT2D eigenvalue weighted by molar-refractivity contribution is 0.0594. The van der Waals surface area contributed by atoms with Gasteiger partial charge in [-0.2, -0.15) is 0 Å². The van der Waals surface area contributed by atoms with Gasteiger partial charge in [-0.15, -0.1) is 0 Å². The minimum absolute atomic E-state index is 0.0949. The number of hydrogen-bond acceptors (Lipinski definition) is 4. The van der Waals surface area contributed by atoms with Crippen molar-refractivity contribution in [2.75, 3.05) is 7.11 Å². The highest BCUT2D eigenvalue weighted by Crippen LogP contribution is 2.23. The zero-order valence-corrected chi connectivity index (χ0v) is 10.6. The Bertz CT molecular complexity index is 652. The van der Waals surface area contributed by atoms with Crippen molar-refractivity contribution in [3.8, 4) is 0 Å². The van der Waals surface area contributed by atoms with Crippen molar-refractivity contribution in [1.29, 1.82) is 0 Å². The molecule has 0 bridgehead atoms. The molecule has 4 nitrogen and oxygen atoms in total. The van der Waals surface area contributed by atoms with Crippen molar-refractivity contribution in [3.63, 3.8) is 0 Å². The number of rotatable bonds is 2. The molecule has 0 aliphatic carbocycles. The van der Waals surface area contributed by atoms with E-state index in [2.05, 4.69) is 9.72 Å². The van der Waals surface area contributed by atoms with Gasteiger partial charge in [0.05, 0.1) is 12.6 Å². The normalized spacial score (nSPS) is 10.4. The van der Waals surface area contributed by atoms with Crippen molar-refractivity contribution >= 4 is 34.3 Å². The molecule has 0 spiro atoms. The van der Waals surface area contributed by atoms with Crippen LogP contribution in [0.1, 0.15) is 27.8 Å². The third kappa shape index (κ3) is 2.19. The highest BCUT2D eigenvalue weighted by molar-refractivity contribution is 6.31. The van der Waals surface area contributed by atoms with Gasteiger partial charge in [-0.1, -0.05) is 17.7 Å². The van der Waals surface area contributed by atoms with Crippen molar-refractivity contribution in [1.82, 2.24) is 4.98 Å². The molecule has 0 aliphatic rings. The predicted octanol–water partition coefficient (Wildman–Crippen LogP) is 2.88. The summed E-state index contributed by atoms with van der Waals surface area (Å²) in [5.41, 5.74) is 1.02. The van der Waals surface area contributed by atoms with E-state index >= 15 is 0 Å². The average Bonchev–Trinajstić information content (AvgIpc) is 2.35. The molecular formula is C13H10ClNO3. The van der Waals surface area contributed by atoms with Crippen LogP contribution in [-0.4, -0.2) is 23.8 Å². The third-order valence-corrected chi connectivity index (χ3v) is 2.78. The summed E-state index contributed by atoms with van der Waals surface area (Å²) in [7, 11) is 1.26. The van der Waals surface area contributed by atoms with Gasteiger partial charge in [0.1, 0.15) is 5.69 Å². The minimum Gasteiger partial charge on any atom is -0.464 e. The Morgan fingerprint density at radius 1 is 1.28 bits per heavy atom. The number of pyridine rings is 1. The van der Waals surface area contributed by atoms with Gasteiger partial charge in [-0.05, 0) is 25.1 Å². The van der Waals surface area contributed by atoms with Crippen LogP contribution in [0, 0.1) is 0 Å². The Balaban J connectivity index is 2.78. The number of aromatic nitrogens is 1. The molecule has 0 N–H and O–H groups in total. The summed E-state index contributed by atoms with van der Waals surface area (Å²) >= 11 is 5.88. The molecule has 0 atom stereocenters. The third-order valence-electron chi connectivity index (χ3n) is 2.55. The Hall–Kier alpha value is -1.94. The van der Waals surface area contributed by atoms with Gasteiger partial charge >= 0.3 is 5.97 Å². The van der Waals surface area contributed by atoms with Crippen LogP contribution in [-0.2, 0) is 4.74 Å². The topological polar surface area (TPSA) is 56.3 Å². The quantitative estimate of drug-likeness (QED) is 0.617. The van der Waals surface area contributed by atoms with Crippen molar-refractivity contribution < 1.29 is 14.3 Å². The largest absolute Gasteiger partial charge is 0.464 e. The number of Topliss-reactive ketones (excluding diaryl/α,β-unsaturated/α-hetero) is 1. The fourth-order valence-electron chi connectivity index (χ4n) is 1.70. The molecule has 2 rings (SSSR count). The molecule has 0 saturated carbocycles. The van der Waals surface area contributed by atoms with Gasteiger partial charge in [0.25, 0.3) is 0 Å². The van der Waals surface area contributed by atoms with Crippen LogP contribution >= 0.6 is 11.6 Å². The van der Waals surface area contributed by atoms with Crippen molar-refractivity contribution in [2.24, 2.45) is 0 Å². The maximum atomic E-state index is 11.6. The second-order valence-corrected chi connectivity index (χ2v) is 4.20. The zero-order valence-electron chi connectivity index (χ0n) is 9.86. The molecule has 1 aromatic heterocycles. The van der Waals surface area contributed by atoms with Gasteiger partial charge in [0.15, 0.2) is 5.78 Å². The summed E-state index contributed by atoms with van der Waals surface area (Å²) in [6.45, 7) is 1.43. The van der Waals surface area contributed by atoms with Gasteiger partial charge < -0.3 is 4.74 Å². The summed E-state index contributed by atoms with van der Waals surface area (Å²) < 4.78 is 4.60. The van der Waals surface area contributed by atoms with E-state index in [0.29, 0.717) is 21.5 Å². The molecule has 1 aromatic carbocycles. The molecule has 0 radical (unpaired) electrons. The van der Waals surface area contributed by atoms with E-state index in [0.717, 1.165) is 0 Å². The van der Waals surface area contributed by atoms with Gasteiger partial charge in [0.2, 0.25) is 0 Å². The van der Waals surface area contributed by atoms with Crippen LogP contribution < -0.4 is 0 Å². The molecule has 92 valence electrons. The van der Waals surface area contributed by atoms with Gasteiger partial charge in [0, 0.05) is 16.0 Å². The molecule has 1 heterocycles. The first-order valence-electron chi connectivity index (χ1n) is 5.22. The molecule has 0 unspecified atom stereocenters. The fourth-order valence-corrected chi connectivity index (χ4v) is 1.87. The fraction of sp³-hybridized carbons (Fsp3) is 0.154. The number of methoxy groups -OCH3 is 1. The van der Waals surface area contributed by atoms with E-state index in [1.54, 1.807) is 18.2 Å². The molecule has 0 saturated heterocycles. The van der Waals surface area contributed by atoms with Crippen molar-refractivity contribution in [3.05, 3.63) is 40.5 Å². The van der Waals surface area contributed by atoms with Crippen LogP contribution in [0.3, 0.4) is 0 Å². The number of carbonyl (C=O) groups excluding carboxylic acids is 2. The number of ether oxygens (including phenoxy) is 1. The van der Waals surface area contributed by atoms with Crippen LogP contribution in [0.15, 0.2) is 24.3 Å². The van der Waals surface area contributed by atoms with Crippen LogP contribution in [0.2, 0.25) is 5.02 Å². The summed E-state index contributed by atoms with van der Waals surface area (Å²) in [6.07, 6.45) is 0. The Morgan fingerprint density at radius 2 is 2.00 bits per heavy atom. The maximum Gasteiger partial charge on any atom is 0.356 e. The van der Waals surface area contributed by atoms with Crippen LogP contribution in [0.25, 0.3) is 10.9 Å². The summed E-state index contributed by atoms with van der Waals surface area (Å²) in [6, 6.07) is 6.43. The number of nitrogens with zero attached hydrogens (tertiary/aromatic N) is 1. The number of benzene rings is 1. The summed E-state index contributed by atoms with van der Waals surface area (Å²) in [4.78, 5) is 27.2. The molecule has 0 fully saturated rings. The molecule has 0 aliphatic heterocycles. The van der Waals surface area contributed by atoms with E-state index in [4.69, 9.17) is 11.6 Å². The summed E-state index contributed by atoms with van der Waals surface area (Å²) in [5.74, 6) is -0.728. The second kappa shape index (κ2) is 4.74. The molecule has 0 amide bonds. The number of esters is 1. The Morgan fingerprint density at radius 3 is 2.61 bits per heavy atom. The van der Waals surface area contributed by atoms with E-state index in [1.165, 1.54) is 20.1 Å². The lowest BCUT2D eigenvalue weighted by Gasteiger charge is -2.06. The molecule has 18 heavy (non-hydrogen) atoms. The minimum atomic E-state index is -0.584. The molecule has 5 heteroatoms. The monoisotopic (exact) mass is 263 g/mol. The number of ketones is 1. The average molecular weight is 264 g/mol. The first-order chi connectivity index (χ1) is 8.52. The molecule has 2 aromatic rings. The first kappa shape index (κ1) is 12.5. The van der Waals surface area contributed by atoms with E-state index in [9.17, 15) is 9.59 Å². The van der Waals surface area contributed by atoms with E-state index in [1.807, 2.05) is 0 Å². The highest BCUT2D eigenvalue weighted by Gasteiger charge is 2.14. The SMILES string of the molecule is COC(=O)c1cc(C(C)=O)c2ccc(Cl)cc2n1. The van der Waals surface area contributed by atoms with Gasteiger partial charge in [-0.3, -0.25) is 4.79 Å². The zero-order chi connectivity index (χ0) is 13.3. The number of halogens is 1. The van der Waals surface area contributed by atoms with E-state index < -0.39 is 5.97 Å². The Labute approximate surface area is 109 Å². The van der Waals surface area contributed by atoms with Crippen LogP contribution in [0.4, 0.5) is 0 Å². The van der Waals surface area contributed by atoms with Gasteiger partial charge in [-0.25, -0.2) is 9.78 Å². The van der Waals surface area contributed by atoms with Crippen LogP contribution in [0.5, 0.6) is 0 Å². The highest BCUT2D eigenvalue weighted by atomic mass is 35.5. The number of hydrogen-bond donors (Lipinski definition) is 0.